The smallest absolute Gasteiger partial charge is 0.0560 e. The molecule has 104 valence electrons. The fourth-order valence-corrected chi connectivity index (χ4v) is 4.18. The van der Waals surface area contributed by atoms with E-state index in [-0.39, 0.29) is 24.0 Å². The third-order valence-electron chi connectivity index (χ3n) is 2.62. The topological polar surface area (TPSA) is 49.7 Å². The SMILES string of the molecule is OCC(CBr)(CBr)COCC(CO)(CBr)CBr. The number of hydrogen-bond acceptors (Lipinski definition) is 3. The molecule has 2 N–H and O–H groups in total. The molecule has 17 heavy (non-hydrogen) atoms. The second-order valence-electron chi connectivity index (χ2n) is 4.34. The van der Waals surface area contributed by atoms with E-state index in [2.05, 4.69) is 63.7 Å². The van der Waals surface area contributed by atoms with E-state index in [1.807, 2.05) is 0 Å². The van der Waals surface area contributed by atoms with E-state index in [9.17, 15) is 10.2 Å². The van der Waals surface area contributed by atoms with Gasteiger partial charge in [0, 0.05) is 32.2 Å². The Morgan fingerprint density at radius 2 is 1.00 bits per heavy atom. The normalized spacial score (nSPS) is 13.1. The maximum absolute atomic E-state index is 9.37. The van der Waals surface area contributed by atoms with Crippen molar-refractivity contribution in [3.8, 4) is 0 Å². The minimum atomic E-state index is -0.306. The van der Waals surface area contributed by atoms with Crippen molar-refractivity contribution in [3.63, 3.8) is 0 Å². The molecule has 0 saturated heterocycles. The van der Waals surface area contributed by atoms with Crippen molar-refractivity contribution in [2.75, 3.05) is 47.7 Å². The summed E-state index contributed by atoms with van der Waals surface area (Å²) in [5, 5.41) is 21.4. The largest absolute Gasteiger partial charge is 0.396 e. The quantitative estimate of drug-likeness (QED) is 0.449. The van der Waals surface area contributed by atoms with Crippen molar-refractivity contribution < 1.29 is 14.9 Å². The van der Waals surface area contributed by atoms with E-state index >= 15 is 0 Å². The molecule has 0 bridgehead atoms. The number of alkyl halides is 4. The zero-order valence-corrected chi connectivity index (χ0v) is 15.8. The molecule has 0 atom stereocenters. The van der Waals surface area contributed by atoms with Gasteiger partial charge in [0.25, 0.3) is 0 Å². The molecule has 0 aliphatic carbocycles. The molecule has 3 nitrogen and oxygen atoms in total. The summed E-state index contributed by atoms with van der Waals surface area (Å²) in [6, 6.07) is 0. The van der Waals surface area contributed by atoms with Crippen LogP contribution in [0.2, 0.25) is 0 Å². The van der Waals surface area contributed by atoms with Gasteiger partial charge in [-0.25, -0.2) is 0 Å². The van der Waals surface area contributed by atoms with Crippen molar-refractivity contribution in [3.05, 3.63) is 0 Å². The van der Waals surface area contributed by atoms with Gasteiger partial charge in [-0.15, -0.1) is 0 Å². The molecule has 0 aromatic heterocycles. The van der Waals surface area contributed by atoms with Crippen LogP contribution in [0.3, 0.4) is 0 Å². The minimum Gasteiger partial charge on any atom is -0.396 e. The molecule has 0 rings (SSSR count). The molecule has 0 fully saturated rings. The first-order chi connectivity index (χ1) is 8.07. The Morgan fingerprint density at radius 3 is 1.18 bits per heavy atom. The van der Waals surface area contributed by atoms with Crippen LogP contribution in [-0.2, 0) is 4.74 Å². The van der Waals surface area contributed by atoms with E-state index in [1.165, 1.54) is 0 Å². The van der Waals surface area contributed by atoms with E-state index in [0.29, 0.717) is 34.5 Å². The Bertz CT molecular complexity index is 159. The predicted molar refractivity (Wildman–Crippen MR) is 85.0 cm³/mol. The molecular weight excluding hydrogens is 488 g/mol. The van der Waals surface area contributed by atoms with E-state index < -0.39 is 0 Å². The highest BCUT2D eigenvalue weighted by molar-refractivity contribution is 9.10. The van der Waals surface area contributed by atoms with Gasteiger partial charge in [0.2, 0.25) is 0 Å². The lowest BCUT2D eigenvalue weighted by Gasteiger charge is -2.31. The lowest BCUT2D eigenvalue weighted by molar-refractivity contribution is -0.0126. The van der Waals surface area contributed by atoms with Gasteiger partial charge in [-0.2, -0.15) is 0 Å². The number of hydrogen-bond donors (Lipinski definition) is 2. The highest BCUT2D eigenvalue weighted by atomic mass is 79.9. The molecule has 0 aliphatic rings. The summed E-state index contributed by atoms with van der Waals surface area (Å²) in [5.41, 5.74) is -0.611. The second kappa shape index (κ2) is 9.66. The number of aliphatic hydroxyl groups excluding tert-OH is 2. The number of aliphatic hydroxyl groups is 2. The van der Waals surface area contributed by atoms with Crippen LogP contribution in [0, 0.1) is 10.8 Å². The van der Waals surface area contributed by atoms with Gasteiger partial charge < -0.3 is 14.9 Å². The molecule has 0 aromatic rings. The van der Waals surface area contributed by atoms with Crippen LogP contribution in [0.1, 0.15) is 0 Å². The first kappa shape index (κ1) is 18.8. The summed E-state index contributed by atoms with van der Waals surface area (Å²) in [4.78, 5) is 0. The van der Waals surface area contributed by atoms with Crippen LogP contribution >= 0.6 is 63.7 Å². The zero-order valence-electron chi connectivity index (χ0n) is 9.47. The van der Waals surface area contributed by atoms with Gasteiger partial charge in [0.05, 0.1) is 26.4 Å². The Hall–Kier alpha value is 1.80. The summed E-state index contributed by atoms with van der Waals surface area (Å²) in [7, 11) is 0. The predicted octanol–water partition coefficient (Wildman–Crippen LogP) is 2.54. The van der Waals surface area contributed by atoms with Crippen molar-refractivity contribution >= 4 is 63.7 Å². The van der Waals surface area contributed by atoms with Crippen molar-refractivity contribution in [1.82, 2.24) is 0 Å². The lowest BCUT2D eigenvalue weighted by atomic mass is 9.94. The molecule has 0 unspecified atom stereocenters. The summed E-state index contributed by atoms with van der Waals surface area (Å²) in [6.45, 7) is 1.000. The van der Waals surface area contributed by atoms with Gasteiger partial charge >= 0.3 is 0 Å². The first-order valence-corrected chi connectivity index (χ1v) is 9.59. The van der Waals surface area contributed by atoms with E-state index in [0.717, 1.165) is 0 Å². The van der Waals surface area contributed by atoms with Gasteiger partial charge in [-0.05, 0) is 0 Å². The molecule has 0 radical (unpaired) electrons. The Labute approximate surface area is 136 Å². The maximum Gasteiger partial charge on any atom is 0.0560 e. The summed E-state index contributed by atoms with van der Waals surface area (Å²) in [6.07, 6.45) is 0. The molecule has 0 aromatic carbocycles. The van der Waals surface area contributed by atoms with Gasteiger partial charge in [0.15, 0.2) is 0 Å². The second-order valence-corrected chi connectivity index (χ2v) is 6.59. The third kappa shape index (κ3) is 5.75. The highest BCUT2D eigenvalue weighted by Crippen LogP contribution is 2.27. The van der Waals surface area contributed by atoms with E-state index in [1.54, 1.807) is 0 Å². The summed E-state index contributed by atoms with van der Waals surface area (Å²) >= 11 is 13.5. The van der Waals surface area contributed by atoms with Crippen LogP contribution in [0.4, 0.5) is 0 Å². The average molecular weight is 506 g/mol. The van der Waals surface area contributed by atoms with Gasteiger partial charge in [-0.3, -0.25) is 0 Å². The zero-order chi connectivity index (χ0) is 13.4. The first-order valence-electron chi connectivity index (χ1n) is 5.11. The maximum atomic E-state index is 9.37. The number of ether oxygens (including phenoxy) is 1. The van der Waals surface area contributed by atoms with Crippen LogP contribution in [0.5, 0.6) is 0 Å². The molecule has 0 saturated carbocycles. The fourth-order valence-electron chi connectivity index (χ4n) is 0.970. The molecule has 7 heteroatoms. The van der Waals surface area contributed by atoms with Crippen molar-refractivity contribution in [2.45, 2.75) is 0 Å². The van der Waals surface area contributed by atoms with E-state index in [4.69, 9.17) is 4.74 Å². The molecule has 0 amide bonds. The Kier molecular flexibility index (Phi) is 10.7. The summed E-state index contributed by atoms with van der Waals surface area (Å²) < 4.78 is 5.67. The van der Waals surface area contributed by atoms with Gasteiger partial charge in [-0.1, -0.05) is 63.7 Å². The minimum absolute atomic E-state index is 0.0538. The van der Waals surface area contributed by atoms with Crippen LogP contribution in [0.25, 0.3) is 0 Å². The summed E-state index contributed by atoms with van der Waals surface area (Å²) in [5.74, 6) is 0. The third-order valence-corrected chi connectivity index (χ3v) is 7.38. The molecular formula is C10H18Br4O3. The Morgan fingerprint density at radius 1 is 0.706 bits per heavy atom. The van der Waals surface area contributed by atoms with Crippen LogP contribution < -0.4 is 0 Å². The van der Waals surface area contributed by atoms with Crippen LogP contribution in [-0.4, -0.2) is 58.0 Å². The standard InChI is InChI=1S/C10H18Br4O3/c11-1-9(2-12,5-15)7-17-8-10(3-13,4-14)6-16/h15-16H,1-8H2. The average Bonchev–Trinajstić information content (AvgIpc) is 2.41. The van der Waals surface area contributed by atoms with Crippen molar-refractivity contribution in [2.24, 2.45) is 10.8 Å². The lowest BCUT2D eigenvalue weighted by Crippen LogP contribution is -2.39. The van der Waals surface area contributed by atoms with Gasteiger partial charge in [0.1, 0.15) is 0 Å². The number of rotatable bonds is 10. The fraction of sp³-hybridized carbons (Fsp3) is 1.00. The molecule has 0 aliphatic heterocycles. The Balaban J connectivity index is 4.28. The monoisotopic (exact) mass is 502 g/mol. The number of halogens is 4. The van der Waals surface area contributed by atoms with Crippen LogP contribution in [0.15, 0.2) is 0 Å². The highest BCUT2D eigenvalue weighted by Gasteiger charge is 2.31. The molecule has 0 heterocycles. The van der Waals surface area contributed by atoms with Crippen molar-refractivity contribution in [1.29, 1.82) is 0 Å². The molecule has 0 spiro atoms.